The van der Waals surface area contributed by atoms with E-state index in [1.54, 1.807) is 12.1 Å². The summed E-state index contributed by atoms with van der Waals surface area (Å²) in [6.45, 7) is 6.09. The van der Waals surface area contributed by atoms with Crippen LogP contribution < -0.4 is 0 Å². The monoisotopic (exact) mass is 345 g/mol. The SMILES string of the molecule is C=CCCC(O)CN1CCCC(c2nc(-c3cccc(F)c3)no2)C1. The topological polar surface area (TPSA) is 62.4 Å². The highest BCUT2D eigenvalue weighted by molar-refractivity contribution is 5.53. The van der Waals surface area contributed by atoms with Gasteiger partial charge in [-0.3, -0.25) is 4.90 Å². The lowest BCUT2D eigenvalue weighted by atomic mass is 9.97. The molecule has 6 heteroatoms. The zero-order valence-corrected chi connectivity index (χ0v) is 14.3. The standard InChI is InChI=1S/C19H24FN3O2/c1-2-3-9-17(24)13-23-10-5-7-15(12-23)19-21-18(22-25-19)14-6-4-8-16(20)11-14/h2,4,6,8,11,15,17,24H,1,3,5,7,9-10,12-13H2. The smallest absolute Gasteiger partial charge is 0.231 e. The highest BCUT2D eigenvalue weighted by Gasteiger charge is 2.27. The average Bonchev–Trinajstić information content (AvgIpc) is 3.10. The van der Waals surface area contributed by atoms with Gasteiger partial charge in [-0.1, -0.05) is 23.4 Å². The minimum absolute atomic E-state index is 0.148. The number of hydrogen-bond donors (Lipinski definition) is 1. The molecule has 1 aromatic heterocycles. The molecular weight excluding hydrogens is 321 g/mol. The van der Waals surface area contributed by atoms with Crippen LogP contribution in [0.15, 0.2) is 41.4 Å². The third-order valence-electron chi connectivity index (χ3n) is 4.55. The molecule has 0 bridgehead atoms. The van der Waals surface area contributed by atoms with Crippen LogP contribution in [0.1, 0.15) is 37.5 Å². The molecule has 2 atom stereocenters. The number of nitrogens with zero attached hydrogens (tertiary/aromatic N) is 3. The quantitative estimate of drug-likeness (QED) is 0.780. The first-order valence-electron chi connectivity index (χ1n) is 8.76. The number of rotatable bonds is 7. The summed E-state index contributed by atoms with van der Waals surface area (Å²) in [6, 6.07) is 6.19. The van der Waals surface area contributed by atoms with Crippen molar-refractivity contribution in [3.63, 3.8) is 0 Å². The molecule has 1 aromatic carbocycles. The molecule has 0 amide bonds. The van der Waals surface area contributed by atoms with E-state index >= 15 is 0 Å². The maximum Gasteiger partial charge on any atom is 0.231 e. The molecule has 0 spiro atoms. The number of β-amino-alcohol motifs (C(OH)–C–C–N with tert-alkyl or cyclic N) is 1. The molecule has 0 radical (unpaired) electrons. The Balaban J connectivity index is 1.63. The molecule has 1 aliphatic heterocycles. The third kappa shape index (κ3) is 4.74. The molecule has 1 aliphatic rings. The van der Waals surface area contributed by atoms with Crippen LogP contribution in [0.2, 0.25) is 0 Å². The van der Waals surface area contributed by atoms with Gasteiger partial charge in [0.25, 0.3) is 0 Å². The van der Waals surface area contributed by atoms with Gasteiger partial charge in [-0.15, -0.1) is 6.58 Å². The Morgan fingerprint density at radius 3 is 3.16 bits per heavy atom. The first kappa shape index (κ1) is 17.8. The van der Waals surface area contributed by atoms with Crippen LogP contribution in [0.4, 0.5) is 4.39 Å². The Bertz CT molecular complexity index is 703. The van der Waals surface area contributed by atoms with Crippen molar-refractivity contribution < 1.29 is 14.0 Å². The molecule has 3 rings (SSSR count). The maximum absolute atomic E-state index is 13.4. The minimum atomic E-state index is -0.345. The first-order chi connectivity index (χ1) is 12.2. The van der Waals surface area contributed by atoms with E-state index in [1.807, 2.05) is 6.08 Å². The van der Waals surface area contributed by atoms with E-state index < -0.39 is 0 Å². The predicted molar refractivity (Wildman–Crippen MR) is 93.5 cm³/mol. The summed E-state index contributed by atoms with van der Waals surface area (Å²) in [7, 11) is 0. The van der Waals surface area contributed by atoms with Gasteiger partial charge in [-0.2, -0.15) is 4.98 Å². The molecular formula is C19H24FN3O2. The highest BCUT2D eigenvalue weighted by Crippen LogP contribution is 2.28. The van der Waals surface area contributed by atoms with Crippen molar-refractivity contribution in [2.24, 2.45) is 0 Å². The zero-order chi connectivity index (χ0) is 17.6. The Morgan fingerprint density at radius 1 is 1.48 bits per heavy atom. The van der Waals surface area contributed by atoms with E-state index in [4.69, 9.17) is 4.52 Å². The van der Waals surface area contributed by atoms with Crippen molar-refractivity contribution in [2.45, 2.75) is 37.7 Å². The minimum Gasteiger partial charge on any atom is -0.392 e. The summed E-state index contributed by atoms with van der Waals surface area (Å²) in [5.74, 6) is 0.832. The number of aromatic nitrogens is 2. The Morgan fingerprint density at radius 2 is 2.36 bits per heavy atom. The van der Waals surface area contributed by atoms with Crippen LogP contribution in [0.25, 0.3) is 11.4 Å². The van der Waals surface area contributed by atoms with Crippen LogP contribution in [0.3, 0.4) is 0 Å². The van der Waals surface area contributed by atoms with Crippen LogP contribution >= 0.6 is 0 Å². The van der Waals surface area contributed by atoms with Crippen LogP contribution in [0.5, 0.6) is 0 Å². The van der Waals surface area contributed by atoms with Crippen molar-refractivity contribution in [3.8, 4) is 11.4 Å². The normalized spacial score (nSPS) is 19.7. The van der Waals surface area contributed by atoms with Gasteiger partial charge in [0.1, 0.15) is 5.82 Å². The molecule has 1 N–H and O–H groups in total. The Hall–Kier alpha value is -2.05. The lowest BCUT2D eigenvalue weighted by Crippen LogP contribution is -2.39. The van der Waals surface area contributed by atoms with Crippen molar-refractivity contribution in [1.29, 1.82) is 0 Å². The molecule has 0 aliphatic carbocycles. The molecule has 2 aromatic rings. The summed E-state index contributed by atoms with van der Waals surface area (Å²) in [5, 5.41) is 14.1. The number of piperidine rings is 1. The van der Waals surface area contributed by atoms with Gasteiger partial charge in [-0.25, -0.2) is 4.39 Å². The third-order valence-corrected chi connectivity index (χ3v) is 4.55. The summed E-state index contributed by atoms with van der Waals surface area (Å²) < 4.78 is 18.8. The van der Waals surface area contributed by atoms with Crippen LogP contribution in [-0.2, 0) is 0 Å². The predicted octanol–water partition coefficient (Wildman–Crippen LogP) is 3.38. The molecule has 0 saturated carbocycles. The number of hydrogen-bond acceptors (Lipinski definition) is 5. The van der Waals surface area contributed by atoms with Crippen molar-refractivity contribution in [1.82, 2.24) is 15.0 Å². The van der Waals surface area contributed by atoms with E-state index in [0.717, 1.165) is 38.8 Å². The van der Waals surface area contributed by atoms with Gasteiger partial charge in [0.15, 0.2) is 0 Å². The van der Waals surface area contributed by atoms with E-state index in [0.29, 0.717) is 23.8 Å². The van der Waals surface area contributed by atoms with Gasteiger partial charge in [0.05, 0.1) is 12.0 Å². The fourth-order valence-electron chi connectivity index (χ4n) is 3.27. The largest absolute Gasteiger partial charge is 0.392 e. The molecule has 2 unspecified atom stereocenters. The Kier molecular flexibility index (Phi) is 5.94. The second-order valence-electron chi connectivity index (χ2n) is 6.59. The van der Waals surface area contributed by atoms with Gasteiger partial charge in [-0.05, 0) is 44.4 Å². The number of halogens is 1. The summed E-state index contributed by atoms with van der Waals surface area (Å²) in [5.41, 5.74) is 0.613. The number of aliphatic hydroxyl groups excluding tert-OH is 1. The zero-order valence-electron chi connectivity index (χ0n) is 14.3. The fraction of sp³-hybridized carbons (Fsp3) is 0.474. The molecule has 1 saturated heterocycles. The molecule has 25 heavy (non-hydrogen) atoms. The summed E-state index contributed by atoms with van der Waals surface area (Å²) in [4.78, 5) is 6.71. The highest BCUT2D eigenvalue weighted by atomic mass is 19.1. The van der Waals surface area contributed by atoms with E-state index in [9.17, 15) is 9.50 Å². The first-order valence-corrected chi connectivity index (χ1v) is 8.76. The maximum atomic E-state index is 13.4. The van der Waals surface area contributed by atoms with Crippen LogP contribution in [0, 0.1) is 5.82 Å². The van der Waals surface area contributed by atoms with Gasteiger partial charge in [0, 0.05) is 18.7 Å². The average molecular weight is 345 g/mol. The van der Waals surface area contributed by atoms with E-state index in [1.165, 1.54) is 12.1 Å². The van der Waals surface area contributed by atoms with E-state index in [-0.39, 0.29) is 17.8 Å². The number of benzene rings is 1. The van der Waals surface area contributed by atoms with Gasteiger partial charge < -0.3 is 9.63 Å². The lowest BCUT2D eigenvalue weighted by Gasteiger charge is -2.32. The second-order valence-corrected chi connectivity index (χ2v) is 6.59. The van der Waals surface area contributed by atoms with Gasteiger partial charge >= 0.3 is 0 Å². The number of aliphatic hydroxyl groups is 1. The van der Waals surface area contributed by atoms with E-state index in [2.05, 4.69) is 21.6 Å². The number of likely N-dealkylation sites (tertiary alicyclic amines) is 1. The summed E-state index contributed by atoms with van der Waals surface area (Å²) >= 11 is 0. The lowest BCUT2D eigenvalue weighted by molar-refractivity contribution is 0.0861. The van der Waals surface area contributed by atoms with Crippen molar-refractivity contribution >= 4 is 0 Å². The number of allylic oxidation sites excluding steroid dienone is 1. The molecule has 134 valence electrons. The van der Waals surface area contributed by atoms with Crippen LogP contribution in [-0.4, -0.2) is 45.9 Å². The second kappa shape index (κ2) is 8.36. The molecule has 5 nitrogen and oxygen atoms in total. The Labute approximate surface area is 147 Å². The molecule has 1 fully saturated rings. The molecule has 2 heterocycles. The summed E-state index contributed by atoms with van der Waals surface area (Å²) in [6.07, 6.45) is 5.03. The van der Waals surface area contributed by atoms with Crippen molar-refractivity contribution in [3.05, 3.63) is 48.6 Å². The van der Waals surface area contributed by atoms with Crippen molar-refractivity contribution in [2.75, 3.05) is 19.6 Å². The fourth-order valence-corrected chi connectivity index (χ4v) is 3.27. The van der Waals surface area contributed by atoms with Gasteiger partial charge in [0.2, 0.25) is 11.7 Å².